The van der Waals surface area contributed by atoms with Gasteiger partial charge in [-0.3, -0.25) is 4.79 Å². The summed E-state index contributed by atoms with van der Waals surface area (Å²) >= 11 is 5.56. The number of aliphatic carboxylic acids is 1. The number of carbonyl (C=O) groups excluding carboxylic acids is 1. The first-order valence-corrected chi connectivity index (χ1v) is 6.82. The Labute approximate surface area is 120 Å². The summed E-state index contributed by atoms with van der Waals surface area (Å²) in [4.78, 5) is 23.0. The lowest BCUT2D eigenvalue weighted by atomic mass is 9.83. The molecule has 1 fully saturated rings. The molecule has 108 valence electrons. The Balaban J connectivity index is 2.07. The molecule has 1 saturated carbocycles. The van der Waals surface area contributed by atoms with Gasteiger partial charge in [-0.15, -0.1) is 0 Å². The van der Waals surface area contributed by atoms with Gasteiger partial charge < -0.3 is 10.4 Å². The third-order valence-corrected chi connectivity index (χ3v) is 3.83. The number of carbonyl (C=O) groups is 2. The molecule has 1 unspecified atom stereocenters. The van der Waals surface area contributed by atoms with Gasteiger partial charge in [0.2, 0.25) is 5.91 Å². The molecule has 1 aliphatic carbocycles. The number of halogens is 2. The summed E-state index contributed by atoms with van der Waals surface area (Å²) in [5.41, 5.74) is 0.168. The van der Waals surface area contributed by atoms with Crippen molar-refractivity contribution in [3.63, 3.8) is 0 Å². The SMILES string of the molecule is O=C(CC1CCC1)NC(C(=O)O)c1ccc(Cl)c(F)c1. The van der Waals surface area contributed by atoms with E-state index in [1.807, 2.05) is 0 Å². The minimum atomic E-state index is -1.26. The number of carboxylic acids is 1. The van der Waals surface area contributed by atoms with Crippen LogP contribution in [-0.4, -0.2) is 17.0 Å². The second-order valence-corrected chi connectivity index (χ2v) is 5.42. The maximum Gasteiger partial charge on any atom is 0.330 e. The van der Waals surface area contributed by atoms with Crippen molar-refractivity contribution in [2.24, 2.45) is 5.92 Å². The van der Waals surface area contributed by atoms with Gasteiger partial charge in [0.25, 0.3) is 0 Å². The lowest BCUT2D eigenvalue weighted by molar-refractivity contribution is -0.142. The Morgan fingerprint density at radius 3 is 2.65 bits per heavy atom. The second kappa shape index (κ2) is 6.22. The highest BCUT2D eigenvalue weighted by molar-refractivity contribution is 6.30. The van der Waals surface area contributed by atoms with E-state index in [1.165, 1.54) is 12.1 Å². The number of benzene rings is 1. The molecular formula is C14H15ClFNO3. The molecule has 1 aromatic rings. The Morgan fingerprint density at radius 1 is 1.45 bits per heavy atom. The molecule has 4 nitrogen and oxygen atoms in total. The summed E-state index contributed by atoms with van der Waals surface area (Å²) in [5, 5.41) is 11.5. The third-order valence-electron chi connectivity index (χ3n) is 3.53. The molecule has 2 rings (SSSR count). The molecule has 0 aromatic heterocycles. The summed E-state index contributed by atoms with van der Waals surface area (Å²) in [7, 11) is 0. The molecule has 1 aliphatic rings. The number of carboxylic acid groups (broad SMARTS) is 1. The van der Waals surface area contributed by atoms with Gasteiger partial charge in [0, 0.05) is 6.42 Å². The second-order valence-electron chi connectivity index (χ2n) is 5.01. The van der Waals surface area contributed by atoms with Crippen molar-refractivity contribution in [3.05, 3.63) is 34.6 Å². The van der Waals surface area contributed by atoms with Crippen molar-refractivity contribution < 1.29 is 19.1 Å². The lowest BCUT2D eigenvalue weighted by Gasteiger charge is -2.25. The monoisotopic (exact) mass is 299 g/mol. The van der Waals surface area contributed by atoms with E-state index in [0.717, 1.165) is 25.3 Å². The molecule has 1 atom stereocenters. The summed E-state index contributed by atoms with van der Waals surface area (Å²) in [6, 6.07) is 2.45. The highest BCUT2D eigenvalue weighted by Gasteiger charge is 2.26. The summed E-state index contributed by atoms with van der Waals surface area (Å²) in [6.45, 7) is 0. The maximum atomic E-state index is 13.4. The molecule has 6 heteroatoms. The van der Waals surface area contributed by atoms with Crippen LogP contribution in [0, 0.1) is 11.7 Å². The molecule has 20 heavy (non-hydrogen) atoms. The van der Waals surface area contributed by atoms with Crippen LogP contribution in [0.5, 0.6) is 0 Å². The molecule has 1 aromatic carbocycles. The molecule has 0 saturated heterocycles. The van der Waals surface area contributed by atoms with Crippen LogP contribution in [0.25, 0.3) is 0 Å². The van der Waals surface area contributed by atoms with Crippen molar-refractivity contribution in [1.82, 2.24) is 5.32 Å². The lowest BCUT2D eigenvalue weighted by Crippen LogP contribution is -2.35. The zero-order chi connectivity index (χ0) is 14.7. The minimum Gasteiger partial charge on any atom is -0.479 e. The van der Waals surface area contributed by atoms with Gasteiger partial charge in [0.1, 0.15) is 5.82 Å². The van der Waals surface area contributed by atoms with Gasteiger partial charge in [-0.1, -0.05) is 24.1 Å². The molecule has 0 heterocycles. The van der Waals surface area contributed by atoms with Gasteiger partial charge in [-0.25, -0.2) is 9.18 Å². The predicted octanol–water partition coefficient (Wildman–Crippen LogP) is 2.91. The van der Waals surface area contributed by atoms with E-state index in [1.54, 1.807) is 0 Å². The molecule has 0 spiro atoms. The first-order valence-electron chi connectivity index (χ1n) is 6.44. The van der Waals surface area contributed by atoms with Crippen LogP contribution in [0.2, 0.25) is 5.02 Å². The topological polar surface area (TPSA) is 66.4 Å². The summed E-state index contributed by atoms with van der Waals surface area (Å²) in [6.07, 6.45) is 3.43. The normalized spacial score (nSPS) is 16.3. The third kappa shape index (κ3) is 3.48. The van der Waals surface area contributed by atoms with Gasteiger partial charge >= 0.3 is 5.97 Å². The Kier molecular flexibility index (Phi) is 4.60. The average molecular weight is 300 g/mol. The zero-order valence-electron chi connectivity index (χ0n) is 10.7. The van der Waals surface area contributed by atoms with Crippen LogP contribution >= 0.6 is 11.6 Å². The number of hydrogen-bond donors (Lipinski definition) is 2. The quantitative estimate of drug-likeness (QED) is 0.878. The van der Waals surface area contributed by atoms with E-state index in [4.69, 9.17) is 11.6 Å². The van der Waals surface area contributed by atoms with Crippen LogP contribution < -0.4 is 5.32 Å². The number of amides is 1. The fourth-order valence-corrected chi connectivity index (χ4v) is 2.28. The van der Waals surface area contributed by atoms with Gasteiger partial charge in [0.15, 0.2) is 6.04 Å². The fraction of sp³-hybridized carbons (Fsp3) is 0.429. The molecule has 0 bridgehead atoms. The standard InChI is InChI=1S/C14H15ClFNO3/c15-10-5-4-9(7-11(10)16)13(14(19)20)17-12(18)6-8-2-1-3-8/h4-5,7-8,13H,1-3,6H2,(H,17,18)(H,19,20). The van der Waals surface area contributed by atoms with Gasteiger partial charge in [0.05, 0.1) is 5.02 Å². The summed E-state index contributed by atoms with van der Waals surface area (Å²) in [5.74, 6) is -1.92. The smallest absolute Gasteiger partial charge is 0.330 e. The minimum absolute atomic E-state index is 0.0846. The first kappa shape index (κ1) is 14.8. The van der Waals surface area contributed by atoms with Crippen molar-refractivity contribution in [2.45, 2.75) is 31.7 Å². The highest BCUT2D eigenvalue weighted by atomic mass is 35.5. The van der Waals surface area contributed by atoms with Gasteiger partial charge in [-0.2, -0.15) is 0 Å². The Hall–Kier alpha value is -1.62. The van der Waals surface area contributed by atoms with E-state index in [0.29, 0.717) is 12.3 Å². The molecule has 1 amide bonds. The van der Waals surface area contributed by atoms with Crippen LogP contribution in [0.15, 0.2) is 18.2 Å². The summed E-state index contributed by atoms with van der Waals surface area (Å²) < 4.78 is 13.4. The van der Waals surface area contributed by atoms with E-state index < -0.39 is 17.8 Å². The number of rotatable bonds is 5. The van der Waals surface area contributed by atoms with E-state index in [-0.39, 0.29) is 16.5 Å². The maximum absolute atomic E-state index is 13.4. The van der Waals surface area contributed by atoms with Crippen LogP contribution in [-0.2, 0) is 9.59 Å². The van der Waals surface area contributed by atoms with E-state index in [9.17, 15) is 19.1 Å². The molecular weight excluding hydrogens is 285 g/mol. The molecule has 0 radical (unpaired) electrons. The molecule has 2 N–H and O–H groups in total. The van der Waals surface area contributed by atoms with Crippen LogP contribution in [0.3, 0.4) is 0 Å². The van der Waals surface area contributed by atoms with E-state index in [2.05, 4.69) is 5.32 Å². The van der Waals surface area contributed by atoms with Crippen molar-refractivity contribution in [1.29, 1.82) is 0 Å². The fourth-order valence-electron chi connectivity index (χ4n) is 2.16. The van der Waals surface area contributed by atoms with Crippen molar-refractivity contribution >= 4 is 23.5 Å². The van der Waals surface area contributed by atoms with Crippen molar-refractivity contribution in [3.8, 4) is 0 Å². The van der Waals surface area contributed by atoms with Gasteiger partial charge in [-0.05, 0) is 36.5 Å². The highest BCUT2D eigenvalue weighted by Crippen LogP contribution is 2.29. The predicted molar refractivity (Wildman–Crippen MR) is 71.9 cm³/mol. The number of nitrogens with one attached hydrogen (secondary N) is 1. The Bertz CT molecular complexity index is 531. The van der Waals surface area contributed by atoms with Crippen LogP contribution in [0.1, 0.15) is 37.3 Å². The number of hydrogen-bond acceptors (Lipinski definition) is 2. The average Bonchev–Trinajstić information content (AvgIpc) is 2.34. The first-order chi connectivity index (χ1) is 9.47. The largest absolute Gasteiger partial charge is 0.479 e. The molecule has 0 aliphatic heterocycles. The zero-order valence-corrected chi connectivity index (χ0v) is 11.5. The van der Waals surface area contributed by atoms with Crippen LogP contribution in [0.4, 0.5) is 4.39 Å². The van der Waals surface area contributed by atoms with E-state index >= 15 is 0 Å². The van der Waals surface area contributed by atoms with Crippen molar-refractivity contribution in [2.75, 3.05) is 0 Å². The Morgan fingerprint density at radius 2 is 2.15 bits per heavy atom.